The Morgan fingerprint density at radius 1 is 0.939 bits per heavy atom. The van der Waals surface area contributed by atoms with Gasteiger partial charge in [-0.25, -0.2) is 8.42 Å². The summed E-state index contributed by atoms with van der Waals surface area (Å²) in [6.07, 6.45) is 4.60. The molecule has 0 radical (unpaired) electrons. The molecule has 0 fully saturated rings. The zero-order chi connectivity index (χ0) is 23.4. The summed E-state index contributed by atoms with van der Waals surface area (Å²) in [4.78, 5) is 13.2. The Hall–Kier alpha value is -3.12. The van der Waals surface area contributed by atoms with Crippen molar-refractivity contribution in [2.75, 3.05) is 10.8 Å². The maximum absolute atomic E-state index is 13.4. The van der Waals surface area contributed by atoms with Gasteiger partial charge in [-0.3, -0.25) is 9.10 Å². The summed E-state index contributed by atoms with van der Waals surface area (Å²) in [6.45, 7) is 3.58. The first-order chi connectivity index (χ1) is 15.8. The molecule has 0 heterocycles. The van der Waals surface area contributed by atoms with Crippen LogP contribution in [0.2, 0.25) is 0 Å². The Labute approximate surface area is 196 Å². The molecule has 0 aliphatic heterocycles. The van der Waals surface area contributed by atoms with Gasteiger partial charge in [-0.15, -0.1) is 0 Å². The van der Waals surface area contributed by atoms with Gasteiger partial charge in [0.15, 0.2) is 0 Å². The SMILES string of the molecule is Cc1ccc(N(CC(=O)N[C@H](C)c2ccc3c(c2)CCCC3)S(=O)(=O)c2ccccc2)cc1. The number of amides is 1. The second-order valence-corrected chi connectivity index (χ2v) is 10.5. The van der Waals surface area contributed by atoms with E-state index < -0.39 is 10.0 Å². The largest absolute Gasteiger partial charge is 0.348 e. The lowest BCUT2D eigenvalue weighted by atomic mass is 9.89. The van der Waals surface area contributed by atoms with Crippen molar-refractivity contribution in [2.24, 2.45) is 0 Å². The first kappa shape index (κ1) is 23.1. The van der Waals surface area contributed by atoms with Crippen LogP contribution in [0.5, 0.6) is 0 Å². The van der Waals surface area contributed by atoms with E-state index in [1.165, 1.54) is 28.3 Å². The number of sulfonamides is 1. The molecule has 1 aliphatic carbocycles. The van der Waals surface area contributed by atoms with Crippen molar-refractivity contribution in [2.45, 2.75) is 50.5 Å². The highest BCUT2D eigenvalue weighted by atomic mass is 32.2. The molecule has 172 valence electrons. The molecule has 1 aliphatic rings. The molecule has 4 rings (SSSR count). The third kappa shape index (κ3) is 5.28. The van der Waals surface area contributed by atoms with Crippen molar-refractivity contribution in [1.82, 2.24) is 5.32 Å². The van der Waals surface area contributed by atoms with E-state index in [9.17, 15) is 13.2 Å². The standard InChI is InChI=1S/C27H30N2O3S/c1-20-12-16-25(17-13-20)29(33(31,32)26-10-4-3-5-11-26)19-27(30)28-21(2)23-15-14-22-8-6-7-9-24(22)18-23/h3-5,10-18,21H,6-9,19H2,1-2H3,(H,28,30)/t21-/m1/s1. The minimum absolute atomic E-state index is 0.154. The highest BCUT2D eigenvalue weighted by molar-refractivity contribution is 7.92. The van der Waals surface area contributed by atoms with Crippen molar-refractivity contribution < 1.29 is 13.2 Å². The van der Waals surface area contributed by atoms with E-state index in [0.717, 1.165) is 24.0 Å². The molecule has 0 saturated heterocycles. The molecule has 1 amide bonds. The predicted molar refractivity (Wildman–Crippen MR) is 132 cm³/mol. The van der Waals surface area contributed by atoms with Crippen LogP contribution < -0.4 is 9.62 Å². The second kappa shape index (κ2) is 9.79. The lowest BCUT2D eigenvalue weighted by molar-refractivity contribution is -0.120. The molecule has 0 spiro atoms. The Morgan fingerprint density at radius 3 is 2.30 bits per heavy atom. The maximum atomic E-state index is 13.4. The smallest absolute Gasteiger partial charge is 0.264 e. The van der Waals surface area contributed by atoms with Crippen LogP contribution in [0.1, 0.15) is 48.1 Å². The molecule has 6 heteroatoms. The van der Waals surface area contributed by atoms with E-state index in [0.29, 0.717) is 5.69 Å². The van der Waals surface area contributed by atoms with Crippen molar-refractivity contribution in [3.8, 4) is 0 Å². The van der Waals surface area contributed by atoms with Crippen LogP contribution >= 0.6 is 0 Å². The summed E-state index contributed by atoms with van der Waals surface area (Å²) in [6, 6.07) is 21.5. The van der Waals surface area contributed by atoms with Crippen molar-refractivity contribution >= 4 is 21.6 Å². The fourth-order valence-corrected chi connectivity index (χ4v) is 5.71. The van der Waals surface area contributed by atoms with Crippen LogP contribution in [0.4, 0.5) is 5.69 Å². The highest BCUT2D eigenvalue weighted by Crippen LogP contribution is 2.26. The van der Waals surface area contributed by atoms with Gasteiger partial charge in [0.2, 0.25) is 5.91 Å². The maximum Gasteiger partial charge on any atom is 0.264 e. The van der Waals surface area contributed by atoms with Crippen LogP contribution in [-0.2, 0) is 27.7 Å². The summed E-state index contributed by atoms with van der Waals surface area (Å²) in [7, 11) is -3.90. The van der Waals surface area contributed by atoms with Gasteiger partial charge in [0.05, 0.1) is 16.6 Å². The molecule has 1 N–H and O–H groups in total. The number of carbonyl (C=O) groups excluding carboxylic acids is 1. The predicted octanol–water partition coefficient (Wildman–Crippen LogP) is 4.95. The van der Waals surface area contributed by atoms with Gasteiger partial charge < -0.3 is 5.32 Å². The number of hydrogen-bond donors (Lipinski definition) is 1. The molecule has 3 aromatic rings. The molecule has 0 bridgehead atoms. The Balaban J connectivity index is 1.56. The van der Waals surface area contributed by atoms with Crippen LogP contribution in [0.15, 0.2) is 77.7 Å². The average Bonchev–Trinajstić information content (AvgIpc) is 2.83. The minimum atomic E-state index is -3.90. The van der Waals surface area contributed by atoms with Gasteiger partial charge in [-0.2, -0.15) is 0 Å². The van der Waals surface area contributed by atoms with E-state index in [1.54, 1.807) is 42.5 Å². The summed E-state index contributed by atoms with van der Waals surface area (Å²) in [5, 5.41) is 2.99. The third-order valence-corrected chi connectivity index (χ3v) is 7.98. The van der Waals surface area contributed by atoms with E-state index in [2.05, 4.69) is 23.5 Å². The monoisotopic (exact) mass is 462 g/mol. The van der Waals surface area contributed by atoms with Gasteiger partial charge in [0.1, 0.15) is 6.54 Å². The molecule has 33 heavy (non-hydrogen) atoms. The number of carbonyl (C=O) groups is 1. The van der Waals surface area contributed by atoms with Crippen molar-refractivity contribution in [1.29, 1.82) is 0 Å². The molecule has 1 atom stereocenters. The Kier molecular flexibility index (Phi) is 6.84. The lowest BCUT2D eigenvalue weighted by Gasteiger charge is -2.25. The lowest BCUT2D eigenvalue weighted by Crippen LogP contribution is -2.41. The number of aryl methyl sites for hydroxylation is 3. The molecule has 0 aromatic heterocycles. The fraction of sp³-hybridized carbons (Fsp3) is 0.296. The number of nitrogens with zero attached hydrogens (tertiary/aromatic N) is 1. The summed E-state index contributed by atoms with van der Waals surface area (Å²) in [5.74, 6) is -0.347. The van der Waals surface area contributed by atoms with Crippen LogP contribution in [0, 0.1) is 6.92 Å². The first-order valence-electron chi connectivity index (χ1n) is 11.4. The topological polar surface area (TPSA) is 66.5 Å². The molecule has 5 nitrogen and oxygen atoms in total. The number of hydrogen-bond acceptors (Lipinski definition) is 3. The minimum Gasteiger partial charge on any atom is -0.348 e. The third-order valence-electron chi connectivity index (χ3n) is 6.19. The zero-order valence-corrected chi connectivity index (χ0v) is 19.9. The molecule has 0 saturated carbocycles. The number of nitrogens with one attached hydrogen (secondary N) is 1. The van der Waals surface area contributed by atoms with Gasteiger partial charge in [-0.1, -0.05) is 54.1 Å². The molecule has 0 unspecified atom stereocenters. The first-order valence-corrected chi connectivity index (χ1v) is 12.8. The number of benzene rings is 3. The number of rotatable bonds is 7. The molecular formula is C27H30N2O3S. The van der Waals surface area contributed by atoms with Gasteiger partial charge in [-0.05, 0) is 80.5 Å². The van der Waals surface area contributed by atoms with Crippen molar-refractivity contribution in [3.05, 3.63) is 95.1 Å². The quantitative estimate of drug-likeness (QED) is 0.540. The zero-order valence-electron chi connectivity index (χ0n) is 19.1. The fourth-order valence-electron chi connectivity index (χ4n) is 4.27. The summed E-state index contributed by atoms with van der Waals surface area (Å²) in [5.41, 5.74) is 5.26. The molecular weight excluding hydrogens is 432 g/mol. The van der Waals surface area contributed by atoms with E-state index in [1.807, 2.05) is 26.0 Å². The normalized spacial score (nSPS) is 14.2. The average molecular weight is 463 g/mol. The summed E-state index contributed by atoms with van der Waals surface area (Å²) >= 11 is 0. The number of anilines is 1. The number of fused-ring (bicyclic) bond motifs is 1. The van der Waals surface area contributed by atoms with E-state index in [-0.39, 0.29) is 23.4 Å². The van der Waals surface area contributed by atoms with E-state index >= 15 is 0 Å². The highest BCUT2D eigenvalue weighted by Gasteiger charge is 2.27. The van der Waals surface area contributed by atoms with Crippen LogP contribution in [0.3, 0.4) is 0 Å². The van der Waals surface area contributed by atoms with Gasteiger partial charge in [0.25, 0.3) is 10.0 Å². The molecule has 3 aromatic carbocycles. The van der Waals surface area contributed by atoms with Gasteiger partial charge >= 0.3 is 0 Å². The van der Waals surface area contributed by atoms with Crippen LogP contribution in [0.25, 0.3) is 0 Å². The summed E-state index contributed by atoms with van der Waals surface area (Å²) < 4.78 is 28.0. The van der Waals surface area contributed by atoms with Crippen LogP contribution in [-0.4, -0.2) is 20.9 Å². The van der Waals surface area contributed by atoms with E-state index in [4.69, 9.17) is 0 Å². The Bertz CT molecular complexity index is 1220. The van der Waals surface area contributed by atoms with Gasteiger partial charge in [0, 0.05) is 0 Å². The van der Waals surface area contributed by atoms with Crippen molar-refractivity contribution in [3.63, 3.8) is 0 Å². The second-order valence-electron chi connectivity index (χ2n) is 8.68. The Morgan fingerprint density at radius 2 is 1.61 bits per heavy atom.